The number of carbonyl (C=O) groups is 4. The van der Waals surface area contributed by atoms with E-state index in [1.165, 1.54) is 4.90 Å². The minimum atomic E-state index is -1.17. The molecule has 1 amide bonds. The zero-order valence-electron chi connectivity index (χ0n) is 19.9. The van der Waals surface area contributed by atoms with Gasteiger partial charge in [-0.1, -0.05) is 26.8 Å². The maximum atomic E-state index is 13.6. The number of esters is 1. The largest absolute Gasteiger partial charge is 0.481 e. The maximum absolute atomic E-state index is 13.6. The molecular formula is C25H37NO7. The summed E-state index contributed by atoms with van der Waals surface area (Å²) in [5.74, 6) is -3.20. The molecule has 0 radical (unpaired) electrons. The van der Waals surface area contributed by atoms with Gasteiger partial charge in [0.05, 0.1) is 29.9 Å². The molecule has 2 saturated carbocycles. The van der Waals surface area contributed by atoms with Gasteiger partial charge in [0.1, 0.15) is 6.10 Å². The normalized spacial score (nSPS) is 30.7. The number of rotatable bonds is 9. The van der Waals surface area contributed by atoms with Crippen LogP contribution in [0.15, 0.2) is 12.7 Å². The van der Waals surface area contributed by atoms with E-state index in [0.717, 1.165) is 25.7 Å². The van der Waals surface area contributed by atoms with Crippen LogP contribution in [0.2, 0.25) is 0 Å². The van der Waals surface area contributed by atoms with E-state index in [1.54, 1.807) is 6.08 Å². The number of likely N-dealkylation sites (tertiary alicyclic amines) is 1. The maximum Gasteiger partial charge on any atom is 0.310 e. The van der Waals surface area contributed by atoms with E-state index in [0.29, 0.717) is 6.42 Å². The number of allylic oxidation sites excluding steroid dienone is 1. The SMILES string of the molecule is C=C[C@@H]1C[C@]1(CC(=O)[C@@H]1C[C@@H](O)CN1C(=O)[C@@H](CC(=O)OC1CCCC1)C(C)(C)C)C(=O)O. The van der Waals surface area contributed by atoms with Crippen LogP contribution in [0.1, 0.15) is 72.1 Å². The van der Waals surface area contributed by atoms with Gasteiger partial charge in [0.15, 0.2) is 5.78 Å². The molecule has 0 aromatic rings. The van der Waals surface area contributed by atoms with Gasteiger partial charge in [0.2, 0.25) is 5.91 Å². The predicted molar refractivity (Wildman–Crippen MR) is 120 cm³/mol. The summed E-state index contributed by atoms with van der Waals surface area (Å²) in [5, 5.41) is 19.9. The van der Waals surface area contributed by atoms with E-state index in [4.69, 9.17) is 4.74 Å². The number of β-amino-alcohol motifs (C(OH)–C–C–N with tert-alkyl or cyclic N) is 1. The molecule has 8 nitrogen and oxygen atoms in total. The summed E-state index contributed by atoms with van der Waals surface area (Å²) >= 11 is 0. The van der Waals surface area contributed by atoms with Crippen molar-refractivity contribution in [2.45, 2.75) is 90.4 Å². The van der Waals surface area contributed by atoms with Gasteiger partial charge in [-0.3, -0.25) is 19.2 Å². The third-order valence-electron chi connectivity index (χ3n) is 7.58. The first-order valence-electron chi connectivity index (χ1n) is 12.0. The summed E-state index contributed by atoms with van der Waals surface area (Å²) in [5.41, 5.74) is -1.74. The highest BCUT2D eigenvalue weighted by atomic mass is 16.5. The molecule has 5 atom stereocenters. The number of aliphatic hydroxyl groups is 1. The Morgan fingerprint density at radius 1 is 1.21 bits per heavy atom. The first-order chi connectivity index (χ1) is 15.4. The number of nitrogens with zero attached hydrogens (tertiary/aromatic N) is 1. The average Bonchev–Trinajstić information content (AvgIpc) is 3.01. The second-order valence-electron chi connectivity index (χ2n) is 11.1. The van der Waals surface area contributed by atoms with Crippen LogP contribution in [0.5, 0.6) is 0 Å². The molecule has 3 fully saturated rings. The van der Waals surface area contributed by atoms with Gasteiger partial charge in [-0.2, -0.15) is 0 Å². The molecule has 0 spiro atoms. The van der Waals surface area contributed by atoms with Gasteiger partial charge in [0.25, 0.3) is 0 Å². The fourth-order valence-corrected chi connectivity index (χ4v) is 5.33. The lowest BCUT2D eigenvalue weighted by Crippen LogP contribution is -2.48. The molecule has 3 aliphatic rings. The number of amides is 1. The third kappa shape index (κ3) is 5.48. The second-order valence-corrected chi connectivity index (χ2v) is 11.1. The van der Waals surface area contributed by atoms with Crippen LogP contribution in [0.25, 0.3) is 0 Å². The van der Waals surface area contributed by atoms with Crippen molar-refractivity contribution in [3.05, 3.63) is 12.7 Å². The molecule has 0 aromatic carbocycles. The zero-order valence-corrected chi connectivity index (χ0v) is 19.9. The minimum absolute atomic E-state index is 0.00947. The molecular weight excluding hydrogens is 426 g/mol. The van der Waals surface area contributed by atoms with Crippen LogP contribution in [-0.4, -0.2) is 63.5 Å². The second kappa shape index (κ2) is 9.57. The van der Waals surface area contributed by atoms with E-state index in [1.807, 2.05) is 20.8 Å². The van der Waals surface area contributed by atoms with Crippen LogP contribution < -0.4 is 0 Å². The molecule has 1 heterocycles. The summed E-state index contributed by atoms with van der Waals surface area (Å²) in [4.78, 5) is 52.5. The average molecular weight is 464 g/mol. The first-order valence-corrected chi connectivity index (χ1v) is 12.0. The third-order valence-corrected chi connectivity index (χ3v) is 7.58. The molecule has 0 aromatic heterocycles. The molecule has 0 unspecified atom stereocenters. The Morgan fingerprint density at radius 3 is 2.36 bits per heavy atom. The predicted octanol–water partition coefficient (Wildman–Crippen LogP) is 2.72. The van der Waals surface area contributed by atoms with Gasteiger partial charge in [-0.25, -0.2) is 0 Å². The summed E-state index contributed by atoms with van der Waals surface area (Å²) < 4.78 is 5.57. The van der Waals surface area contributed by atoms with E-state index < -0.39 is 40.8 Å². The number of ketones is 1. The van der Waals surface area contributed by atoms with E-state index in [2.05, 4.69) is 6.58 Å². The zero-order chi connectivity index (χ0) is 24.6. The van der Waals surface area contributed by atoms with Crippen LogP contribution >= 0.6 is 0 Å². The van der Waals surface area contributed by atoms with E-state index in [9.17, 15) is 29.4 Å². The molecule has 1 saturated heterocycles. The Morgan fingerprint density at radius 2 is 1.85 bits per heavy atom. The minimum Gasteiger partial charge on any atom is -0.481 e. The van der Waals surface area contributed by atoms with Crippen LogP contribution in [0.4, 0.5) is 0 Å². The van der Waals surface area contributed by atoms with Crippen molar-refractivity contribution in [2.24, 2.45) is 22.7 Å². The lowest BCUT2D eigenvalue weighted by atomic mass is 9.77. The first kappa shape index (κ1) is 25.4. The lowest BCUT2D eigenvalue weighted by Gasteiger charge is -2.35. The number of carboxylic acid groups (broad SMARTS) is 1. The highest BCUT2D eigenvalue weighted by molar-refractivity contribution is 5.95. The van der Waals surface area contributed by atoms with Crippen molar-refractivity contribution in [3.8, 4) is 0 Å². The van der Waals surface area contributed by atoms with Crippen molar-refractivity contribution in [1.29, 1.82) is 0 Å². The highest BCUT2D eigenvalue weighted by Crippen LogP contribution is 2.56. The molecule has 1 aliphatic heterocycles. The van der Waals surface area contributed by atoms with Gasteiger partial charge in [-0.15, -0.1) is 6.58 Å². The molecule has 3 rings (SSSR count). The topological polar surface area (TPSA) is 121 Å². The molecule has 184 valence electrons. The summed E-state index contributed by atoms with van der Waals surface area (Å²) in [7, 11) is 0. The monoisotopic (exact) mass is 463 g/mol. The Balaban J connectivity index is 1.73. The smallest absolute Gasteiger partial charge is 0.310 e. The van der Waals surface area contributed by atoms with Crippen LogP contribution in [0.3, 0.4) is 0 Å². The number of ether oxygens (including phenoxy) is 1. The van der Waals surface area contributed by atoms with Crippen molar-refractivity contribution < 1.29 is 34.1 Å². The molecule has 2 aliphatic carbocycles. The molecule has 0 bridgehead atoms. The Bertz CT molecular complexity index is 810. The summed E-state index contributed by atoms with van der Waals surface area (Å²) in [6, 6.07) is -0.898. The molecule has 33 heavy (non-hydrogen) atoms. The molecule has 2 N–H and O–H groups in total. The van der Waals surface area contributed by atoms with Crippen molar-refractivity contribution in [3.63, 3.8) is 0 Å². The summed E-state index contributed by atoms with van der Waals surface area (Å²) in [6.45, 7) is 9.23. The summed E-state index contributed by atoms with van der Waals surface area (Å²) in [6.07, 6.45) is 4.44. The van der Waals surface area contributed by atoms with Crippen molar-refractivity contribution in [1.82, 2.24) is 4.90 Å². The van der Waals surface area contributed by atoms with Gasteiger partial charge >= 0.3 is 11.9 Å². The lowest BCUT2D eigenvalue weighted by molar-refractivity contribution is -0.156. The number of carboxylic acids is 1. The quantitative estimate of drug-likeness (QED) is 0.398. The standard InChI is InChI=1S/C25H37NO7/c1-5-15-12-25(15,23(31)32)13-20(28)19-10-16(27)14-26(19)22(30)18(24(2,3)4)11-21(29)33-17-8-6-7-9-17/h5,15-19,27H,1,6-14H2,2-4H3,(H,31,32)/t15-,16-,18-,19+,25-/m1/s1. The number of hydrogen-bond donors (Lipinski definition) is 2. The highest BCUT2D eigenvalue weighted by Gasteiger charge is 2.60. The van der Waals surface area contributed by atoms with Crippen LogP contribution in [-0.2, 0) is 23.9 Å². The number of aliphatic hydroxyl groups excluding tert-OH is 1. The fraction of sp³-hybridized carbons (Fsp3) is 0.760. The number of hydrogen-bond acceptors (Lipinski definition) is 6. The number of carbonyl (C=O) groups excluding carboxylic acids is 3. The van der Waals surface area contributed by atoms with E-state index >= 15 is 0 Å². The number of aliphatic carboxylic acids is 1. The Kier molecular flexibility index (Phi) is 7.36. The fourth-order valence-electron chi connectivity index (χ4n) is 5.33. The van der Waals surface area contributed by atoms with Crippen molar-refractivity contribution >= 4 is 23.6 Å². The van der Waals surface area contributed by atoms with E-state index in [-0.39, 0.29) is 49.5 Å². The van der Waals surface area contributed by atoms with Gasteiger partial charge in [-0.05, 0) is 43.4 Å². The molecule has 8 heteroatoms. The van der Waals surface area contributed by atoms with Gasteiger partial charge < -0.3 is 19.8 Å². The Hall–Kier alpha value is -2.22. The van der Waals surface area contributed by atoms with Gasteiger partial charge in [0, 0.05) is 19.4 Å². The number of Topliss-reactive ketones (excluding diaryl/α,β-unsaturated/α-hetero) is 1. The Labute approximate surface area is 195 Å². The van der Waals surface area contributed by atoms with Crippen molar-refractivity contribution in [2.75, 3.05) is 6.54 Å². The van der Waals surface area contributed by atoms with Crippen LogP contribution in [0, 0.1) is 22.7 Å².